The van der Waals surface area contributed by atoms with Crippen LogP contribution in [0.5, 0.6) is 0 Å². The van der Waals surface area contributed by atoms with Crippen molar-refractivity contribution >= 4 is 23.7 Å². The molecule has 0 saturated carbocycles. The summed E-state index contributed by atoms with van der Waals surface area (Å²) in [6, 6.07) is 0. The van der Waals surface area contributed by atoms with E-state index < -0.39 is 0 Å². The van der Waals surface area contributed by atoms with E-state index in [4.69, 9.17) is 4.98 Å². The van der Waals surface area contributed by atoms with Crippen LogP contribution in [0.1, 0.15) is 43.3 Å². The Labute approximate surface area is 108 Å². The highest BCUT2D eigenvalue weighted by atomic mass is 35.5. The van der Waals surface area contributed by atoms with Gasteiger partial charge in [0.05, 0.1) is 10.7 Å². The quantitative estimate of drug-likeness (QED) is 0.903. The summed E-state index contributed by atoms with van der Waals surface area (Å²) in [5, 5.41) is 7.02. The average molecular weight is 261 g/mol. The van der Waals surface area contributed by atoms with Gasteiger partial charge < -0.3 is 5.32 Å². The first-order valence-electron chi connectivity index (χ1n) is 5.90. The second kappa shape index (κ2) is 6.58. The van der Waals surface area contributed by atoms with Crippen molar-refractivity contribution < 1.29 is 0 Å². The van der Waals surface area contributed by atoms with Crippen LogP contribution in [0.15, 0.2) is 5.38 Å². The number of hydrogen-bond acceptors (Lipinski definition) is 3. The van der Waals surface area contributed by atoms with Crippen LogP contribution in [0.25, 0.3) is 0 Å². The predicted octanol–water partition coefficient (Wildman–Crippen LogP) is 3.23. The van der Waals surface area contributed by atoms with Crippen molar-refractivity contribution in [1.29, 1.82) is 0 Å². The molecule has 16 heavy (non-hydrogen) atoms. The molecule has 92 valence electrons. The van der Waals surface area contributed by atoms with E-state index in [0.717, 1.165) is 25.4 Å². The van der Waals surface area contributed by atoms with Gasteiger partial charge in [-0.3, -0.25) is 0 Å². The van der Waals surface area contributed by atoms with Gasteiger partial charge in [-0.25, -0.2) is 4.98 Å². The first-order chi connectivity index (χ1) is 7.25. The third-order valence-corrected chi connectivity index (χ3v) is 3.93. The smallest absolute Gasteiger partial charge is 0.0960 e. The minimum Gasteiger partial charge on any atom is -0.317 e. The molecule has 2 rings (SSSR count). The maximum Gasteiger partial charge on any atom is 0.0960 e. The lowest BCUT2D eigenvalue weighted by molar-refractivity contribution is 0.458. The highest BCUT2D eigenvalue weighted by Crippen LogP contribution is 2.28. The number of aromatic nitrogens is 1. The molecule has 1 aliphatic rings. The van der Waals surface area contributed by atoms with Crippen LogP contribution in [0.3, 0.4) is 0 Å². The lowest BCUT2D eigenvalue weighted by atomic mass is 9.99. The van der Waals surface area contributed by atoms with Crippen molar-refractivity contribution in [3.63, 3.8) is 0 Å². The SMILES string of the molecule is CC(C)Cc1csc(C2CCNCC2)n1.Cl. The standard InChI is InChI=1S/C12H20N2S.ClH/c1-9(2)7-11-8-15-12(14-11)10-3-5-13-6-4-10;/h8-10,13H,3-7H2,1-2H3;1H. The van der Waals surface area contributed by atoms with E-state index in [9.17, 15) is 0 Å². The van der Waals surface area contributed by atoms with Crippen molar-refractivity contribution in [2.24, 2.45) is 5.92 Å². The summed E-state index contributed by atoms with van der Waals surface area (Å²) in [6.07, 6.45) is 3.64. The summed E-state index contributed by atoms with van der Waals surface area (Å²) in [7, 11) is 0. The van der Waals surface area contributed by atoms with Gasteiger partial charge in [-0.2, -0.15) is 0 Å². The number of thiazole rings is 1. The second-order valence-corrected chi connectivity index (χ2v) is 5.69. The molecular formula is C12H21ClN2S. The van der Waals surface area contributed by atoms with Crippen molar-refractivity contribution in [2.75, 3.05) is 13.1 Å². The zero-order valence-corrected chi connectivity index (χ0v) is 11.7. The molecule has 4 heteroatoms. The molecule has 1 aromatic heterocycles. The summed E-state index contributed by atoms with van der Waals surface area (Å²) < 4.78 is 0. The third kappa shape index (κ3) is 3.72. The molecule has 0 radical (unpaired) electrons. The maximum atomic E-state index is 4.76. The molecule has 0 amide bonds. The van der Waals surface area contributed by atoms with E-state index in [0.29, 0.717) is 5.92 Å². The Morgan fingerprint density at radius 2 is 2.12 bits per heavy atom. The van der Waals surface area contributed by atoms with Gasteiger partial charge in [-0.05, 0) is 38.3 Å². The van der Waals surface area contributed by atoms with Gasteiger partial charge in [-0.15, -0.1) is 23.7 Å². The molecule has 0 spiro atoms. The Balaban J connectivity index is 0.00000128. The predicted molar refractivity (Wildman–Crippen MR) is 72.7 cm³/mol. The fourth-order valence-corrected chi connectivity index (χ4v) is 3.09. The summed E-state index contributed by atoms with van der Waals surface area (Å²) in [5.41, 5.74) is 1.29. The normalized spacial score (nSPS) is 17.4. The van der Waals surface area contributed by atoms with Crippen molar-refractivity contribution in [3.8, 4) is 0 Å². The molecule has 1 fully saturated rings. The topological polar surface area (TPSA) is 24.9 Å². The Morgan fingerprint density at radius 1 is 1.44 bits per heavy atom. The van der Waals surface area contributed by atoms with E-state index >= 15 is 0 Å². The lowest BCUT2D eigenvalue weighted by Crippen LogP contribution is -2.26. The zero-order valence-electron chi connectivity index (χ0n) is 10.0. The number of nitrogens with zero attached hydrogens (tertiary/aromatic N) is 1. The second-order valence-electron chi connectivity index (χ2n) is 4.80. The number of nitrogens with one attached hydrogen (secondary N) is 1. The molecule has 0 bridgehead atoms. The molecule has 0 atom stereocenters. The van der Waals surface area contributed by atoms with E-state index in [-0.39, 0.29) is 12.4 Å². The Morgan fingerprint density at radius 3 is 2.75 bits per heavy atom. The Bertz CT molecular complexity index is 306. The lowest BCUT2D eigenvalue weighted by Gasteiger charge is -2.20. The van der Waals surface area contributed by atoms with Crippen LogP contribution in [0.2, 0.25) is 0 Å². The van der Waals surface area contributed by atoms with Crippen LogP contribution in [-0.4, -0.2) is 18.1 Å². The monoisotopic (exact) mass is 260 g/mol. The minimum absolute atomic E-state index is 0. The number of hydrogen-bond donors (Lipinski definition) is 1. The van der Waals surface area contributed by atoms with Crippen molar-refractivity contribution in [1.82, 2.24) is 10.3 Å². The van der Waals surface area contributed by atoms with E-state index in [1.54, 1.807) is 0 Å². The molecule has 2 nitrogen and oxygen atoms in total. The molecule has 0 aliphatic carbocycles. The molecule has 2 heterocycles. The first kappa shape index (κ1) is 13.9. The summed E-state index contributed by atoms with van der Waals surface area (Å²) in [6.45, 7) is 6.82. The molecule has 1 aromatic rings. The van der Waals surface area contributed by atoms with Gasteiger partial charge in [0.15, 0.2) is 0 Å². The van der Waals surface area contributed by atoms with Crippen LogP contribution < -0.4 is 5.32 Å². The van der Waals surface area contributed by atoms with E-state index in [2.05, 4.69) is 24.5 Å². The average Bonchev–Trinajstić information content (AvgIpc) is 2.67. The molecule has 1 aliphatic heterocycles. The van der Waals surface area contributed by atoms with Crippen molar-refractivity contribution in [2.45, 2.75) is 39.0 Å². The fraction of sp³-hybridized carbons (Fsp3) is 0.750. The Hall–Kier alpha value is -0.120. The van der Waals surface area contributed by atoms with Crippen LogP contribution in [-0.2, 0) is 6.42 Å². The van der Waals surface area contributed by atoms with E-state index in [1.807, 2.05) is 11.3 Å². The molecular weight excluding hydrogens is 240 g/mol. The van der Waals surface area contributed by atoms with Crippen LogP contribution in [0.4, 0.5) is 0 Å². The molecule has 0 aromatic carbocycles. The minimum atomic E-state index is 0. The van der Waals surface area contributed by atoms with Gasteiger partial charge in [-0.1, -0.05) is 13.8 Å². The highest BCUT2D eigenvalue weighted by Gasteiger charge is 2.18. The zero-order chi connectivity index (χ0) is 10.7. The van der Waals surface area contributed by atoms with Gasteiger partial charge in [0.1, 0.15) is 0 Å². The van der Waals surface area contributed by atoms with E-state index in [1.165, 1.54) is 23.5 Å². The van der Waals surface area contributed by atoms with Gasteiger partial charge in [0.25, 0.3) is 0 Å². The molecule has 1 N–H and O–H groups in total. The summed E-state index contributed by atoms with van der Waals surface area (Å²) in [4.78, 5) is 4.76. The molecule has 0 unspecified atom stereocenters. The maximum absolute atomic E-state index is 4.76. The van der Waals surface area contributed by atoms with Gasteiger partial charge >= 0.3 is 0 Å². The number of halogens is 1. The largest absolute Gasteiger partial charge is 0.317 e. The van der Waals surface area contributed by atoms with Crippen LogP contribution in [0, 0.1) is 5.92 Å². The third-order valence-electron chi connectivity index (χ3n) is 2.88. The first-order valence-corrected chi connectivity index (χ1v) is 6.78. The highest BCUT2D eigenvalue weighted by molar-refractivity contribution is 7.09. The van der Waals surface area contributed by atoms with Gasteiger partial charge in [0, 0.05) is 11.3 Å². The van der Waals surface area contributed by atoms with Gasteiger partial charge in [0.2, 0.25) is 0 Å². The summed E-state index contributed by atoms with van der Waals surface area (Å²) >= 11 is 1.86. The number of rotatable bonds is 3. The van der Waals surface area contributed by atoms with Crippen LogP contribution >= 0.6 is 23.7 Å². The Kier molecular flexibility index (Phi) is 5.73. The number of piperidine rings is 1. The van der Waals surface area contributed by atoms with Crippen molar-refractivity contribution in [3.05, 3.63) is 16.1 Å². The summed E-state index contributed by atoms with van der Waals surface area (Å²) in [5.74, 6) is 1.44. The fourth-order valence-electron chi connectivity index (χ4n) is 2.09. The molecule has 1 saturated heterocycles.